The minimum Gasteiger partial charge on any atom is -0.368 e. The molecule has 2 aromatic carbocycles. The summed E-state index contributed by atoms with van der Waals surface area (Å²) in [4.78, 5) is 10.7. The molecular formula is C19H21FN4O2S. The predicted octanol–water partition coefficient (Wildman–Crippen LogP) is 2.89. The number of sulfone groups is 1. The van der Waals surface area contributed by atoms with Crippen LogP contribution >= 0.6 is 0 Å². The molecule has 3 rings (SSSR count). The Hall–Kier alpha value is -2.58. The molecule has 1 unspecified atom stereocenters. The van der Waals surface area contributed by atoms with E-state index in [2.05, 4.69) is 15.3 Å². The maximum absolute atomic E-state index is 13.2. The van der Waals surface area contributed by atoms with E-state index >= 15 is 0 Å². The molecule has 3 aromatic rings. The lowest BCUT2D eigenvalue weighted by Gasteiger charge is -2.25. The first kappa shape index (κ1) is 19.2. The summed E-state index contributed by atoms with van der Waals surface area (Å²) < 4.78 is 36.9. The molecular weight excluding hydrogens is 367 g/mol. The number of benzene rings is 2. The van der Waals surface area contributed by atoms with E-state index in [0.29, 0.717) is 23.3 Å². The second-order valence-corrected chi connectivity index (χ2v) is 8.60. The zero-order valence-corrected chi connectivity index (χ0v) is 16.2. The van der Waals surface area contributed by atoms with Crippen LogP contribution in [0, 0.1) is 5.82 Å². The Labute approximate surface area is 158 Å². The van der Waals surface area contributed by atoms with Crippen molar-refractivity contribution in [3.63, 3.8) is 0 Å². The van der Waals surface area contributed by atoms with Crippen LogP contribution in [0.5, 0.6) is 0 Å². The lowest BCUT2D eigenvalue weighted by molar-refractivity contribution is 0.311. The number of likely N-dealkylation sites (N-methyl/N-ethyl adjacent to an activating group) is 1. The molecule has 0 radical (unpaired) electrons. The van der Waals surface area contributed by atoms with Crippen LogP contribution in [0.3, 0.4) is 0 Å². The molecule has 27 heavy (non-hydrogen) atoms. The first-order chi connectivity index (χ1) is 12.8. The summed E-state index contributed by atoms with van der Waals surface area (Å²) in [7, 11) is 0.550. The third kappa shape index (κ3) is 4.40. The van der Waals surface area contributed by atoms with Crippen molar-refractivity contribution in [3.8, 4) is 0 Å². The summed E-state index contributed by atoms with van der Waals surface area (Å²) in [6.07, 6.45) is 2.61. The summed E-state index contributed by atoms with van der Waals surface area (Å²) >= 11 is 0. The van der Waals surface area contributed by atoms with E-state index in [1.54, 1.807) is 24.3 Å². The molecule has 0 spiro atoms. The molecule has 8 heteroatoms. The third-order valence-electron chi connectivity index (χ3n) is 4.38. The van der Waals surface area contributed by atoms with Crippen LogP contribution in [0.15, 0.2) is 53.7 Å². The molecule has 1 heterocycles. The molecule has 0 saturated carbocycles. The molecule has 0 bridgehead atoms. The highest BCUT2D eigenvalue weighted by atomic mass is 32.2. The molecule has 1 atom stereocenters. The lowest BCUT2D eigenvalue weighted by Crippen LogP contribution is -2.27. The number of anilines is 1. The van der Waals surface area contributed by atoms with Gasteiger partial charge in [0.05, 0.1) is 16.5 Å². The van der Waals surface area contributed by atoms with Crippen LogP contribution < -0.4 is 5.32 Å². The van der Waals surface area contributed by atoms with E-state index in [9.17, 15) is 12.8 Å². The van der Waals surface area contributed by atoms with Gasteiger partial charge >= 0.3 is 0 Å². The summed E-state index contributed by atoms with van der Waals surface area (Å²) in [5.41, 5.74) is 1.62. The number of nitrogens with one attached hydrogen (secondary N) is 1. The molecule has 0 aliphatic heterocycles. The van der Waals surface area contributed by atoms with Gasteiger partial charge in [-0.15, -0.1) is 0 Å². The standard InChI is InChI=1S/C19H21FN4O2S/c1-24(2)18(13-4-6-14(20)7-5-13)11-21-19-16-10-15(27(3,25)26)8-9-17(16)22-12-23-19/h4-10,12,18H,11H2,1-3H3,(H,21,22,23). The zero-order chi connectivity index (χ0) is 19.6. The normalized spacial score (nSPS) is 13.1. The van der Waals surface area contributed by atoms with Gasteiger partial charge < -0.3 is 10.2 Å². The second kappa shape index (κ2) is 7.58. The fourth-order valence-corrected chi connectivity index (χ4v) is 3.53. The van der Waals surface area contributed by atoms with Gasteiger partial charge in [0.25, 0.3) is 0 Å². The van der Waals surface area contributed by atoms with Crippen molar-refractivity contribution in [1.82, 2.24) is 14.9 Å². The van der Waals surface area contributed by atoms with Gasteiger partial charge in [-0.05, 0) is 50.0 Å². The monoisotopic (exact) mass is 388 g/mol. The van der Waals surface area contributed by atoms with Crippen molar-refractivity contribution in [2.75, 3.05) is 32.2 Å². The number of hydrogen-bond acceptors (Lipinski definition) is 6. The smallest absolute Gasteiger partial charge is 0.175 e. The Morgan fingerprint density at radius 3 is 2.44 bits per heavy atom. The van der Waals surface area contributed by atoms with E-state index in [1.165, 1.54) is 30.8 Å². The molecule has 0 fully saturated rings. The fourth-order valence-electron chi connectivity index (χ4n) is 2.88. The van der Waals surface area contributed by atoms with Crippen LogP contribution in [0.4, 0.5) is 10.2 Å². The van der Waals surface area contributed by atoms with Gasteiger partial charge in [0, 0.05) is 18.2 Å². The quantitative estimate of drug-likeness (QED) is 0.700. The van der Waals surface area contributed by atoms with Crippen LogP contribution in [0.25, 0.3) is 10.9 Å². The van der Waals surface area contributed by atoms with Crippen LogP contribution in [0.1, 0.15) is 11.6 Å². The Balaban J connectivity index is 1.92. The second-order valence-electron chi connectivity index (χ2n) is 6.59. The van der Waals surface area contributed by atoms with E-state index in [0.717, 1.165) is 5.56 Å². The molecule has 0 aliphatic rings. The zero-order valence-electron chi connectivity index (χ0n) is 15.3. The van der Waals surface area contributed by atoms with Crippen molar-refractivity contribution in [2.45, 2.75) is 10.9 Å². The summed E-state index contributed by atoms with van der Waals surface area (Å²) in [5, 5.41) is 3.92. The number of aromatic nitrogens is 2. The van der Waals surface area contributed by atoms with Crippen LogP contribution in [-0.2, 0) is 9.84 Å². The average molecular weight is 388 g/mol. The van der Waals surface area contributed by atoms with E-state index in [1.807, 2.05) is 19.0 Å². The van der Waals surface area contributed by atoms with E-state index in [4.69, 9.17) is 0 Å². The minimum absolute atomic E-state index is 0.0197. The maximum Gasteiger partial charge on any atom is 0.175 e. The fraction of sp³-hybridized carbons (Fsp3) is 0.263. The van der Waals surface area contributed by atoms with E-state index in [-0.39, 0.29) is 16.8 Å². The van der Waals surface area contributed by atoms with Crippen molar-refractivity contribution in [2.24, 2.45) is 0 Å². The van der Waals surface area contributed by atoms with E-state index < -0.39 is 9.84 Å². The highest BCUT2D eigenvalue weighted by Gasteiger charge is 2.16. The number of nitrogens with zero attached hydrogens (tertiary/aromatic N) is 3. The molecule has 6 nitrogen and oxygen atoms in total. The van der Waals surface area contributed by atoms with Gasteiger partial charge in [0.15, 0.2) is 9.84 Å². The molecule has 142 valence electrons. The van der Waals surface area contributed by atoms with Crippen LogP contribution in [-0.4, -0.2) is 50.2 Å². The van der Waals surface area contributed by atoms with Crippen molar-refractivity contribution in [1.29, 1.82) is 0 Å². The lowest BCUT2D eigenvalue weighted by atomic mass is 10.1. The topological polar surface area (TPSA) is 75.2 Å². The molecule has 0 aliphatic carbocycles. The highest BCUT2D eigenvalue weighted by Crippen LogP contribution is 2.25. The van der Waals surface area contributed by atoms with Gasteiger partial charge in [-0.1, -0.05) is 12.1 Å². The Morgan fingerprint density at radius 1 is 1.11 bits per heavy atom. The summed E-state index contributed by atoms with van der Waals surface area (Å²) in [5.74, 6) is 0.277. The largest absolute Gasteiger partial charge is 0.368 e. The Bertz CT molecular complexity index is 1050. The Kier molecular flexibility index (Phi) is 5.38. The molecule has 0 amide bonds. The predicted molar refractivity (Wildman–Crippen MR) is 104 cm³/mol. The molecule has 0 saturated heterocycles. The molecule has 1 N–H and O–H groups in total. The SMILES string of the molecule is CN(C)C(CNc1ncnc2ccc(S(C)(=O)=O)cc12)c1ccc(F)cc1. The number of fused-ring (bicyclic) bond motifs is 1. The van der Waals surface area contributed by atoms with Crippen molar-refractivity contribution >= 4 is 26.6 Å². The number of halogens is 1. The van der Waals surface area contributed by atoms with Crippen molar-refractivity contribution in [3.05, 3.63) is 60.2 Å². The van der Waals surface area contributed by atoms with Crippen LogP contribution in [0.2, 0.25) is 0 Å². The third-order valence-corrected chi connectivity index (χ3v) is 5.49. The van der Waals surface area contributed by atoms with Gasteiger partial charge in [0.2, 0.25) is 0 Å². The maximum atomic E-state index is 13.2. The Morgan fingerprint density at radius 2 is 1.81 bits per heavy atom. The summed E-state index contributed by atoms with van der Waals surface area (Å²) in [6, 6.07) is 11.1. The molecule has 1 aromatic heterocycles. The highest BCUT2D eigenvalue weighted by molar-refractivity contribution is 7.90. The van der Waals surface area contributed by atoms with Gasteiger partial charge in [0.1, 0.15) is 18.0 Å². The van der Waals surface area contributed by atoms with Gasteiger partial charge in [-0.2, -0.15) is 0 Å². The number of rotatable bonds is 6. The first-order valence-corrected chi connectivity index (χ1v) is 10.3. The van der Waals surface area contributed by atoms with Crippen molar-refractivity contribution < 1.29 is 12.8 Å². The van der Waals surface area contributed by atoms with Gasteiger partial charge in [-0.3, -0.25) is 0 Å². The minimum atomic E-state index is -3.33. The average Bonchev–Trinajstić information content (AvgIpc) is 2.62. The number of hydrogen-bond donors (Lipinski definition) is 1. The first-order valence-electron chi connectivity index (χ1n) is 8.36. The summed E-state index contributed by atoms with van der Waals surface area (Å²) in [6.45, 7) is 0.508. The van der Waals surface area contributed by atoms with Gasteiger partial charge in [-0.25, -0.2) is 22.8 Å².